The summed E-state index contributed by atoms with van der Waals surface area (Å²) in [7, 11) is 1.24. The van der Waals surface area contributed by atoms with Crippen molar-refractivity contribution in [3.8, 4) is 11.5 Å². The van der Waals surface area contributed by atoms with E-state index in [1.165, 1.54) is 19.2 Å². The highest BCUT2D eigenvalue weighted by atomic mass is 16.5. The lowest BCUT2D eigenvalue weighted by Crippen LogP contribution is -2.13. The predicted molar refractivity (Wildman–Crippen MR) is 78.0 cm³/mol. The summed E-state index contributed by atoms with van der Waals surface area (Å²) in [5, 5.41) is 19.6. The number of carbonyl (C=O) groups excluding carboxylic acids is 1. The molecule has 116 valence electrons. The van der Waals surface area contributed by atoms with E-state index in [2.05, 4.69) is 4.74 Å². The van der Waals surface area contributed by atoms with Crippen molar-refractivity contribution in [2.45, 2.75) is 19.3 Å². The topological polar surface area (TPSA) is 97.0 Å². The molecule has 0 spiro atoms. The first-order chi connectivity index (χ1) is 10.4. The maximum Gasteiger partial charge on any atom is 0.306 e. The van der Waals surface area contributed by atoms with Gasteiger partial charge in [0.2, 0.25) is 11.2 Å². The maximum atomic E-state index is 11.7. The third kappa shape index (κ3) is 3.28. The normalized spacial score (nSPS) is 11.9. The zero-order valence-electron chi connectivity index (χ0n) is 12.2. The van der Waals surface area contributed by atoms with Crippen LogP contribution in [0.15, 0.2) is 39.5 Å². The van der Waals surface area contributed by atoms with Crippen LogP contribution in [0.3, 0.4) is 0 Å². The molecule has 0 radical (unpaired) electrons. The van der Waals surface area contributed by atoms with Gasteiger partial charge < -0.3 is 19.4 Å². The highest BCUT2D eigenvalue weighted by Crippen LogP contribution is 2.34. The number of phenols is 1. The smallest absolute Gasteiger partial charge is 0.306 e. The van der Waals surface area contributed by atoms with E-state index in [4.69, 9.17) is 4.42 Å². The molecule has 0 aliphatic heterocycles. The summed E-state index contributed by atoms with van der Waals surface area (Å²) in [5.74, 6) is -1.54. The SMILES string of the molecule is COC(=O)C[C@H](c1cccc(O)c1)c1oc(C)cc(=O)c1O. The van der Waals surface area contributed by atoms with Gasteiger partial charge in [0.25, 0.3) is 0 Å². The first-order valence-electron chi connectivity index (χ1n) is 6.61. The van der Waals surface area contributed by atoms with Crippen LogP contribution in [0, 0.1) is 6.92 Å². The Labute approximate surface area is 126 Å². The Kier molecular flexibility index (Phi) is 4.50. The molecule has 1 aromatic heterocycles. The van der Waals surface area contributed by atoms with E-state index in [-0.39, 0.29) is 17.9 Å². The number of carbonyl (C=O) groups is 1. The van der Waals surface area contributed by atoms with Crippen LogP contribution < -0.4 is 5.43 Å². The van der Waals surface area contributed by atoms with Crippen molar-refractivity contribution in [2.24, 2.45) is 0 Å². The van der Waals surface area contributed by atoms with Gasteiger partial charge in [0.1, 0.15) is 11.5 Å². The van der Waals surface area contributed by atoms with Crippen molar-refractivity contribution < 1.29 is 24.2 Å². The molecule has 0 bridgehead atoms. The summed E-state index contributed by atoms with van der Waals surface area (Å²) in [6.45, 7) is 1.57. The molecule has 0 fully saturated rings. The molecule has 1 atom stereocenters. The summed E-state index contributed by atoms with van der Waals surface area (Å²) < 4.78 is 10.1. The number of esters is 1. The van der Waals surface area contributed by atoms with Crippen LogP contribution in [0.2, 0.25) is 0 Å². The standard InChI is InChI=1S/C16H16O6/c1-9-6-13(18)15(20)16(22-9)12(8-14(19)21-2)10-4-3-5-11(17)7-10/h3-7,12,17,20H,8H2,1-2H3/t12-/m1/s1. The molecule has 0 aliphatic carbocycles. The number of ether oxygens (including phenoxy) is 1. The van der Waals surface area contributed by atoms with E-state index in [9.17, 15) is 19.8 Å². The number of aryl methyl sites for hydroxylation is 1. The Morgan fingerprint density at radius 3 is 2.68 bits per heavy atom. The average Bonchev–Trinajstić information content (AvgIpc) is 2.48. The van der Waals surface area contributed by atoms with Gasteiger partial charge in [-0.05, 0) is 24.6 Å². The highest BCUT2D eigenvalue weighted by Gasteiger charge is 2.26. The molecule has 2 aromatic rings. The van der Waals surface area contributed by atoms with E-state index in [0.29, 0.717) is 11.3 Å². The summed E-state index contributed by atoms with van der Waals surface area (Å²) >= 11 is 0. The fourth-order valence-electron chi connectivity index (χ4n) is 2.22. The summed E-state index contributed by atoms with van der Waals surface area (Å²) in [4.78, 5) is 23.4. The van der Waals surface area contributed by atoms with E-state index < -0.39 is 23.1 Å². The fourth-order valence-corrected chi connectivity index (χ4v) is 2.22. The second-order valence-corrected chi connectivity index (χ2v) is 4.86. The van der Waals surface area contributed by atoms with Gasteiger partial charge >= 0.3 is 5.97 Å². The van der Waals surface area contributed by atoms with Crippen LogP contribution in [0.1, 0.15) is 29.4 Å². The third-order valence-electron chi connectivity index (χ3n) is 3.26. The van der Waals surface area contributed by atoms with E-state index in [1.807, 2.05) is 0 Å². The number of hydrogen-bond donors (Lipinski definition) is 2. The molecule has 1 heterocycles. The van der Waals surface area contributed by atoms with Crippen LogP contribution in [-0.4, -0.2) is 23.3 Å². The Morgan fingerprint density at radius 1 is 1.32 bits per heavy atom. The van der Waals surface area contributed by atoms with Crippen molar-refractivity contribution in [1.82, 2.24) is 0 Å². The number of aromatic hydroxyl groups is 2. The van der Waals surface area contributed by atoms with Gasteiger partial charge in [-0.25, -0.2) is 0 Å². The van der Waals surface area contributed by atoms with Crippen LogP contribution in [-0.2, 0) is 9.53 Å². The largest absolute Gasteiger partial charge is 0.508 e. The predicted octanol–water partition coefficient (Wildman–Crippen LogP) is 2.05. The monoisotopic (exact) mass is 304 g/mol. The minimum absolute atomic E-state index is 0.00172. The second kappa shape index (κ2) is 6.34. The summed E-state index contributed by atoms with van der Waals surface area (Å²) in [6.07, 6.45) is -0.139. The lowest BCUT2D eigenvalue weighted by atomic mass is 9.92. The van der Waals surface area contributed by atoms with Crippen molar-refractivity contribution in [2.75, 3.05) is 7.11 Å². The van der Waals surface area contributed by atoms with Gasteiger partial charge in [0.05, 0.1) is 19.4 Å². The number of benzene rings is 1. The van der Waals surface area contributed by atoms with Crippen molar-refractivity contribution in [3.63, 3.8) is 0 Å². The summed E-state index contributed by atoms with van der Waals surface area (Å²) in [6, 6.07) is 7.34. The van der Waals surface area contributed by atoms with Crippen LogP contribution in [0.4, 0.5) is 0 Å². The molecule has 2 N–H and O–H groups in total. The molecular weight excluding hydrogens is 288 g/mol. The molecule has 0 saturated carbocycles. The Bertz CT molecular complexity index is 747. The zero-order chi connectivity index (χ0) is 16.3. The number of rotatable bonds is 4. The van der Waals surface area contributed by atoms with Gasteiger partial charge in [0, 0.05) is 6.07 Å². The van der Waals surface area contributed by atoms with Crippen molar-refractivity contribution >= 4 is 5.97 Å². The molecular formula is C16H16O6. The molecule has 6 nitrogen and oxygen atoms in total. The lowest BCUT2D eigenvalue weighted by Gasteiger charge is -2.17. The summed E-state index contributed by atoms with van der Waals surface area (Å²) in [5.41, 5.74) is -0.0665. The first kappa shape index (κ1) is 15.6. The van der Waals surface area contributed by atoms with Crippen LogP contribution in [0.5, 0.6) is 11.5 Å². The number of methoxy groups -OCH3 is 1. The van der Waals surface area contributed by atoms with E-state index >= 15 is 0 Å². The molecule has 0 aliphatic rings. The minimum atomic E-state index is -0.743. The fraction of sp³-hybridized carbons (Fsp3) is 0.250. The molecule has 6 heteroatoms. The van der Waals surface area contributed by atoms with Gasteiger partial charge in [0.15, 0.2) is 5.76 Å². The third-order valence-corrected chi connectivity index (χ3v) is 3.26. The van der Waals surface area contributed by atoms with Crippen molar-refractivity contribution in [3.05, 3.63) is 57.6 Å². The molecule has 1 aromatic carbocycles. The zero-order valence-corrected chi connectivity index (χ0v) is 12.2. The maximum absolute atomic E-state index is 11.7. The number of phenolic OH excluding ortho intramolecular Hbond substituents is 1. The van der Waals surface area contributed by atoms with Crippen LogP contribution >= 0.6 is 0 Å². The van der Waals surface area contributed by atoms with Gasteiger partial charge in [-0.2, -0.15) is 0 Å². The second-order valence-electron chi connectivity index (χ2n) is 4.86. The molecule has 0 unspecified atom stereocenters. The lowest BCUT2D eigenvalue weighted by molar-refractivity contribution is -0.140. The molecule has 0 amide bonds. The molecule has 2 rings (SSSR count). The Hall–Kier alpha value is -2.76. The highest BCUT2D eigenvalue weighted by molar-refractivity contribution is 5.71. The molecule has 22 heavy (non-hydrogen) atoms. The van der Waals surface area contributed by atoms with Crippen molar-refractivity contribution in [1.29, 1.82) is 0 Å². The Balaban J connectivity index is 2.59. The average molecular weight is 304 g/mol. The van der Waals surface area contributed by atoms with Gasteiger partial charge in [-0.3, -0.25) is 9.59 Å². The van der Waals surface area contributed by atoms with Gasteiger partial charge in [-0.1, -0.05) is 12.1 Å². The number of hydrogen-bond acceptors (Lipinski definition) is 6. The van der Waals surface area contributed by atoms with E-state index in [0.717, 1.165) is 6.07 Å². The van der Waals surface area contributed by atoms with E-state index in [1.54, 1.807) is 19.1 Å². The van der Waals surface area contributed by atoms with Gasteiger partial charge in [-0.15, -0.1) is 0 Å². The quantitative estimate of drug-likeness (QED) is 0.839. The van der Waals surface area contributed by atoms with Crippen LogP contribution in [0.25, 0.3) is 0 Å². The molecule has 0 saturated heterocycles. The Morgan fingerprint density at radius 2 is 2.05 bits per heavy atom. The minimum Gasteiger partial charge on any atom is -0.508 e. The first-order valence-corrected chi connectivity index (χ1v) is 6.61.